The van der Waals surface area contributed by atoms with Crippen LogP contribution < -0.4 is 5.32 Å². The Kier molecular flexibility index (Phi) is 7.21. The van der Waals surface area contributed by atoms with Crippen LogP contribution in [0.15, 0.2) is 0 Å². The quantitative estimate of drug-likeness (QED) is 0.839. The minimum absolute atomic E-state index is 0.0222. The lowest BCUT2D eigenvalue weighted by molar-refractivity contribution is 0.0903. The first-order valence-electron chi connectivity index (χ1n) is 8.26. The Morgan fingerprint density at radius 2 is 2.09 bits per heavy atom. The third-order valence-electron chi connectivity index (χ3n) is 4.39. The van der Waals surface area contributed by atoms with Crippen LogP contribution in [0.1, 0.15) is 32.6 Å². The molecule has 2 amide bonds. The van der Waals surface area contributed by atoms with Crippen molar-refractivity contribution in [2.75, 3.05) is 38.5 Å². The number of carbonyl (C=O) groups excluding carboxylic acids is 1. The maximum Gasteiger partial charge on any atom is 0.317 e. The predicted molar refractivity (Wildman–Crippen MR) is 86.7 cm³/mol. The van der Waals surface area contributed by atoms with E-state index in [2.05, 4.69) is 12.2 Å². The van der Waals surface area contributed by atoms with Crippen molar-refractivity contribution in [2.45, 2.75) is 50.3 Å². The fraction of sp³-hybridized carbons (Fsp3) is 0.933. The van der Waals surface area contributed by atoms with Gasteiger partial charge in [-0.05, 0) is 31.4 Å². The summed E-state index contributed by atoms with van der Waals surface area (Å²) in [6.45, 7) is 4.36. The summed E-state index contributed by atoms with van der Waals surface area (Å²) in [5.74, 6) is 1.12. The largest absolute Gasteiger partial charge is 0.335 e. The van der Waals surface area contributed by atoms with E-state index in [0.717, 1.165) is 25.0 Å². The molecule has 0 radical (unpaired) electrons. The van der Waals surface area contributed by atoms with Crippen molar-refractivity contribution < 1.29 is 13.6 Å². The molecule has 0 spiro atoms. The van der Waals surface area contributed by atoms with Gasteiger partial charge in [-0.25, -0.2) is 13.6 Å². The molecule has 22 heavy (non-hydrogen) atoms. The minimum atomic E-state index is -2.30. The number of hydrogen-bond acceptors (Lipinski definition) is 3. The predicted octanol–water partition coefficient (Wildman–Crippen LogP) is 2.64. The summed E-state index contributed by atoms with van der Waals surface area (Å²) in [7, 11) is 0. The second-order valence-corrected chi connectivity index (χ2v) is 7.65. The fourth-order valence-corrected chi connectivity index (χ4v) is 4.42. The third kappa shape index (κ3) is 5.57. The molecular formula is C15H27F2N3OS. The van der Waals surface area contributed by atoms with Gasteiger partial charge in [-0.1, -0.05) is 6.92 Å². The lowest BCUT2D eigenvalue weighted by Crippen LogP contribution is -2.45. The molecule has 4 nitrogen and oxygen atoms in total. The monoisotopic (exact) mass is 335 g/mol. The number of amides is 2. The normalized spacial score (nSPS) is 27.2. The number of nitrogens with zero attached hydrogens (tertiary/aromatic N) is 2. The first-order valence-corrected chi connectivity index (χ1v) is 9.31. The van der Waals surface area contributed by atoms with Gasteiger partial charge in [0.05, 0.1) is 6.54 Å². The van der Waals surface area contributed by atoms with Crippen molar-refractivity contribution in [2.24, 2.45) is 0 Å². The molecule has 0 aromatic rings. The van der Waals surface area contributed by atoms with Gasteiger partial charge in [0.1, 0.15) is 0 Å². The van der Waals surface area contributed by atoms with Crippen molar-refractivity contribution in [3.63, 3.8) is 0 Å². The van der Waals surface area contributed by atoms with Crippen LogP contribution in [-0.4, -0.2) is 72.0 Å². The van der Waals surface area contributed by atoms with Gasteiger partial charge >= 0.3 is 6.03 Å². The molecular weight excluding hydrogens is 308 g/mol. The van der Waals surface area contributed by atoms with Gasteiger partial charge in [0.2, 0.25) is 0 Å². The zero-order valence-electron chi connectivity index (χ0n) is 13.3. The van der Waals surface area contributed by atoms with Crippen molar-refractivity contribution in [3.8, 4) is 0 Å². The van der Waals surface area contributed by atoms with Crippen molar-refractivity contribution in [3.05, 3.63) is 0 Å². The average molecular weight is 335 g/mol. The molecule has 7 heteroatoms. The molecule has 1 aliphatic carbocycles. The third-order valence-corrected chi connectivity index (χ3v) is 5.62. The fourth-order valence-electron chi connectivity index (χ4n) is 3.28. The summed E-state index contributed by atoms with van der Waals surface area (Å²) in [5, 5.41) is 3.79. The van der Waals surface area contributed by atoms with Crippen molar-refractivity contribution in [1.82, 2.24) is 15.1 Å². The zero-order chi connectivity index (χ0) is 15.9. The highest BCUT2D eigenvalue weighted by Crippen LogP contribution is 2.29. The van der Waals surface area contributed by atoms with E-state index in [1.165, 1.54) is 6.42 Å². The van der Waals surface area contributed by atoms with Gasteiger partial charge in [0.15, 0.2) is 0 Å². The van der Waals surface area contributed by atoms with E-state index in [1.807, 2.05) is 11.8 Å². The average Bonchev–Trinajstić information content (AvgIpc) is 2.76. The van der Waals surface area contributed by atoms with Crippen LogP contribution in [0.3, 0.4) is 0 Å². The van der Waals surface area contributed by atoms with E-state index in [1.54, 1.807) is 9.80 Å². The highest BCUT2D eigenvalue weighted by molar-refractivity contribution is 7.99. The van der Waals surface area contributed by atoms with Crippen LogP contribution in [0.4, 0.5) is 13.6 Å². The van der Waals surface area contributed by atoms with Crippen LogP contribution in [0.2, 0.25) is 0 Å². The van der Waals surface area contributed by atoms with E-state index in [9.17, 15) is 13.6 Å². The summed E-state index contributed by atoms with van der Waals surface area (Å²) in [6.07, 6.45) is 1.74. The second kappa shape index (κ2) is 8.91. The Morgan fingerprint density at radius 1 is 1.27 bits per heavy atom. The second-order valence-electron chi connectivity index (χ2n) is 6.07. The van der Waals surface area contributed by atoms with Gasteiger partial charge in [-0.15, -0.1) is 0 Å². The Bertz CT molecular complexity index is 360. The Morgan fingerprint density at radius 3 is 2.82 bits per heavy atom. The Labute approximate surface area is 136 Å². The number of hydrogen-bond donors (Lipinski definition) is 1. The summed E-state index contributed by atoms with van der Waals surface area (Å²) >= 11 is 1.97. The summed E-state index contributed by atoms with van der Waals surface area (Å²) in [6, 6.07) is 0.253. The number of carbonyl (C=O) groups is 1. The van der Waals surface area contributed by atoms with Crippen LogP contribution in [0.25, 0.3) is 0 Å². The molecule has 128 valence electrons. The van der Waals surface area contributed by atoms with Crippen molar-refractivity contribution in [1.29, 1.82) is 0 Å². The molecule has 1 saturated carbocycles. The Balaban J connectivity index is 1.73. The van der Waals surface area contributed by atoms with Crippen molar-refractivity contribution >= 4 is 17.8 Å². The molecule has 2 fully saturated rings. The van der Waals surface area contributed by atoms with Gasteiger partial charge in [0, 0.05) is 37.5 Å². The number of urea groups is 1. The van der Waals surface area contributed by atoms with Gasteiger partial charge in [-0.3, -0.25) is 4.90 Å². The van der Waals surface area contributed by atoms with E-state index >= 15 is 0 Å². The molecule has 2 atom stereocenters. The highest BCUT2D eigenvalue weighted by atomic mass is 32.2. The summed E-state index contributed by atoms with van der Waals surface area (Å²) < 4.78 is 24.9. The molecule has 1 heterocycles. The number of nitrogens with one attached hydrogen (secondary N) is 1. The van der Waals surface area contributed by atoms with Gasteiger partial charge in [0.25, 0.3) is 6.43 Å². The number of rotatable bonds is 5. The maximum absolute atomic E-state index is 12.4. The number of halogens is 2. The molecule has 1 saturated heterocycles. The molecule has 1 aliphatic heterocycles. The summed E-state index contributed by atoms with van der Waals surface area (Å²) in [5.41, 5.74) is 0. The first kappa shape index (κ1) is 17.8. The molecule has 0 aromatic carbocycles. The smallest absolute Gasteiger partial charge is 0.317 e. The van der Waals surface area contributed by atoms with Gasteiger partial charge in [-0.2, -0.15) is 11.8 Å². The standard InChI is InChI=1S/C15H27F2N3OS/c1-2-22-13-5-4-12(10-13)18-15(21)20-7-3-6-19(8-9-20)11-14(16)17/h12-14H,2-11H2,1H3,(H,18,21). The van der Waals surface area contributed by atoms with Crippen LogP contribution in [0, 0.1) is 0 Å². The number of thioether (sulfide) groups is 1. The lowest BCUT2D eigenvalue weighted by atomic mass is 10.2. The molecule has 0 aromatic heterocycles. The lowest BCUT2D eigenvalue weighted by Gasteiger charge is -2.24. The van der Waals surface area contributed by atoms with E-state index in [4.69, 9.17) is 0 Å². The SMILES string of the molecule is CCSC1CCC(NC(=O)N2CCCN(CC(F)F)CC2)C1. The maximum atomic E-state index is 12.4. The van der Waals surface area contributed by atoms with Crippen LogP contribution in [0.5, 0.6) is 0 Å². The van der Waals surface area contributed by atoms with Crippen LogP contribution >= 0.6 is 11.8 Å². The minimum Gasteiger partial charge on any atom is -0.335 e. The van der Waals surface area contributed by atoms with E-state index < -0.39 is 6.43 Å². The number of alkyl halides is 2. The molecule has 2 unspecified atom stereocenters. The molecule has 0 bridgehead atoms. The molecule has 1 N–H and O–H groups in total. The molecule has 2 aliphatic rings. The van der Waals surface area contributed by atoms with Crippen LogP contribution in [-0.2, 0) is 0 Å². The Hall–Kier alpha value is -0.560. The zero-order valence-corrected chi connectivity index (χ0v) is 14.1. The van der Waals surface area contributed by atoms with E-state index in [0.29, 0.717) is 31.4 Å². The topological polar surface area (TPSA) is 35.6 Å². The summed E-state index contributed by atoms with van der Waals surface area (Å²) in [4.78, 5) is 15.9. The van der Waals surface area contributed by atoms with E-state index in [-0.39, 0.29) is 18.6 Å². The highest BCUT2D eigenvalue weighted by Gasteiger charge is 2.28. The van der Waals surface area contributed by atoms with Gasteiger partial charge < -0.3 is 10.2 Å². The first-order chi connectivity index (χ1) is 10.6. The molecule has 2 rings (SSSR count).